The third-order valence-electron chi connectivity index (χ3n) is 26.3. The molecule has 8 heteroatoms. The molecule has 0 radical (unpaired) electrons. The minimum absolute atomic E-state index is 0.0282. The number of nitrogens with zero attached hydrogens (tertiary/aromatic N) is 4. The van der Waals surface area contributed by atoms with Crippen LogP contribution in [0.25, 0.3) is 44.5 Å². The van der Waals surface area contributed by atoms with Crippen molar-refractivity contribution < 1.29 is 19.2 Å². The van der Waals surface area contributed by atoms with Gasteiger partial charge >= 0.3 is 0 Å². The Balaban J connectivity index is 0.000000160. The summed E-state index contributed by atoms with van der Waals surface area (Å²) in [4.78, 5) is 57.8. The van der Waals surface area contributed by atoms with Crippen LogP contribution in [0.1, 0.15) is 191 Å². The van der Waals surface area contributed by atoms with Crippen LogP contribution in [0.4, 0.5) is 22.7 Å². The van der Waals surface area contributed by atoms with E-state index in [9.17, 15) is 19.2 Å². The maximum atomic E-state index is 12.0. The molecule has 0 spiro atoms. The van der Waals surface area contributed by atoms with Gasteiger partial charge in [-0.1, -0.05) is 364 Å². The van der Waals surface area contributed by atoms with Crippen LogP contribution < -0.4 is 19.6 Å². The Labute approximate surface area is 777 Å². The number of hydrogen-bond donors (Lipinski definition) is 0. The van der Waals surface area contributed by atoms with Gasteiger partial charge in [0.1, 0.15) is 0 Å². The van der Waals surface area contributed by atoms with Crippen LogP contribution in [-0.4, -0.2) is 75.5 Å². The van der Waals surface area contributed by atoms with Crippen molar-refractivity contribution in [3.63, 3.8) is 0 Å². The van der Waals surface area contributed by atoms with E-state index in [1.54, 1.807) is 0 Å². The lowest BCUT2D eigenvalue weighted by Crippen LogP contribution is -2.32. The first-order chi connectivity index (χ1) is 63.9. The van der Waals surface area contributed by atoms with Gasteiger partial charge in [-0.25, -0.2) is 0 Å². The lowest BCUT2D eigenvalue weighted by molar-refractivity contribution is 0.100. The number of ketones is 4. The number of carbonyl (C=O) groups is 4. The lowest BCUT2D eigenvalue weighted by Gasteiger charge is -2.38. The summed E-state index contributed by atoms with van der Waals surface area (Å²) >= 11 is 0. The summed E-state index contributed by atoms with van der Waals surface area (Å²) in [5, 5.41) is 0. The first-order valence-electron chi connectivity index (χ1n) is 46.4. The number of rotatable bonds is 32. The van der Waals surface area contributed by atoms with Crippen molar-refractivity contribution in [3.05, 3.63) is 502 Å². The number of carbonyl (C=O) groups excluding carboxylic acids is 4. The fourth-order valence-corrected chi connectivity index (χ4v) is 19.0. The first-order valence-corrected chi connectivity index (χ1v) is 46.4. The lowest BCUT2D eigenvalue weighted by atomic mass is 9.64. The van der Waals surface area contributed by atoms with Gasteiger partial charge in [-0.15, -0.1) is 0 Å². The number of hydrogen-bond acceptors (Lipinski definition) is 8. The van der Waals surface area contributed by atoms with Gasteiger partial charge in [-0.3, -0.25) is 19.2 Å². The molecule has 0 aliphatic rings. The Morgan fingerprint density at radius 3 is 0.397 bits per heavy atom. The van der Waals surface area contributed by atoms with Gasteiger partial charge in [-0.2, -0.15) is 0 Å². The molecule has 0 bridgehead atoms. The van der Waals surface area contributed by atoms with E-state index in [0.29, 0.717) is 22.3 Å². The number of Topliss-reactive ketones (excluding diaryl/α,β-unsaturated/α-hetero) is 4. The second-order valence-corrected chi connectivity index (χ2v) is 33.4. The second-order valence-electron chi connectivity index (χ2n) is 33.4. The molecule has 0 saturated carbocycles. The molecule has 0 N–H and O–H groups in total. The molecule has 0 amide bonds. The topological polar surface area (TPSA) is 81.2 Å². The van der Waals surface area contributed by atoms with Crippen LogP contribution >= 0.6 is 0 Å². The van der Waals surface area contributed by atoms with Crippen molar-refractivity contribution in [1.29, 1.82) is 0 Å². The van der Waals surface area contributed by atoms with Crippen LogP contribution in [-0.2, 0) is 16.2 Å². The van der Waals surface area contributed by atoms with Crippen LogP contribution in [0.5, 0.6) is 0 Å². The maximum Gasteiger partial charge on any atom is 0.159 e. The molecular formula is C123H120N4O4. The molecule has 8 nitrogen and oxygen atoms in total. The highest BCUT2D eigenvalue weighted by atomic mass is 16.1. The average Bonchev–Trinajstić information content (AvgIpc) is 0.738. The van der Waals surface area contributed by atoms with E-state index in [2.05, 4.69) is 390 Å². The van der Waals surface area contributed by atoms with Crippen molar-refractivity contribution in [2.75, 3.05) is 72.0 Å². The van der Waals surface area contributed by atoms with E-state index < -0.39 is 16.2 Å². The highest BCUT2D eigenvalue weighted by Gasteiger charge is 2.42. The minimum Gasteiger partial charge on any atom is -0.372 e. The van der Waals surface area contributed by atoms with Crippen molar-refractivity contribution in [1.82, 2.24) is 0 Å². The molecule has 656 valence electrons. The Kier molecular flexibility index (Phi) is 30.4. The third-order valence-corrected chi connectivity index (χ3v) is 26.3. The fourth-order valence-electron chi connectivity index (χ4n) is 19.0. The van der Waals surface area contributed by atoms with Crippen LogP contribution in [0.3, 0.4) is 0 Å². The summed E-state index contributed by atoms with van der Waals surface area (Å²) in [7, 11) is 0. The van der Waals surface area contributed by atoms with Crippen molar-refractivity contribution in [3.8, 4) is 44.5 Å². The summed E-state index contributed by atoms with van der Waals surface area (Å²) in [5.41, 5.74) is 28.8. The molecule has 0 atom stereocenters. The number of benzene rings is 16. The largest absolute Gasteiger partial charge is 0.372 e. The molecule has 0 aromatic heterocycles. The molecule has 16 rings (SSSR count). The Morgan fingerprint density at radius 1 is 0.160 bits per heavy atom. The Hall–Kier alpha value is -14.6. The molecule has 16 aromatic carbocycles. The van der Waals surface area contributed by atoms with Gasteiger partial charge in [-0.05, 0) is 243 Å². The third kappa shape index (κ3) is 19.9. The van der Waals surface area contributed by atoms with Crippen LogP contribution in [0.15, 0.2) is 413 Å². The summed E-state index contributed by atoms with van der Waals surface area (Å²) in [6.07, 6.45) is 0. The average molecular weight is 1720 g/mol. The van der Waals surface area contributed by atoms with E-state index in [0.717, 1.165) is 74.6 Å². The molecule has 0 heterocycles. The molecule has 131 heavy (non-hydrogen) atoms. The number of anilines is 4. The Bertz CT molecular complexity index is 5570. The van der Waals surface area contributed by atoms with Gasteiger partial charge in [0.25, 0.3) is 0 Å². The summed E-state index contributed by atoms with van der Waals surface area (Å²) in [6, 6.07) is 147. The summed E-state index contributed by atoms with van der Waals surface area (Å²) < 4.78 is 0. The van der Waals surface area contributed by atoms with Crippen molar-refractivity contribution in [2.45, 2.75) is 99.3 Å². The first kappa shape index (κ1) is 92.6. The van der Waals surface area contributed by atoms with Gasteiger partial charge in [0.15, 0.2) is 23.1 Å². The molecular weight excluding hydrogens is 1600 g/mol. The maximum absolute atomic E-state index is 12.0. The second kappa shape index (κ2) is 43.0. The van der Waals surface area contributed by atoms with Crippen LogP contribution in [0, 0.1) is 0 Å². The minimum atomic E-state index is -0.852. The van der Waals surface area contributed by atoms with Gasteiger partial charge in [0.05, 0.1) is 16.2 Å². The zero-order valence-corrected chi connectivity index (χ0v) is 77.8. The highest BCUT2D eigenvalue weighted by molar-refractivity contribution is 5.96. The van der Waals surface area contributed by atoms with E-state index in [4.69, 9.17) is 0 Å². The fraction of sp³-hybridized carbons (Fsp3) is 0.187. The van der Waals surface area contributed by atoms with Crippen molar-refractivity contribution in [2.24, 2.45) is 0 Å². The molecule has 16 aromatic rings. The van der Waals surface area contributed by atoms with E-state index in [1.165, 1.54) is 139 Å². The normalized spacial score (nSPS) is 11.3. The predicted molar refractivity (Wildman–Crippen MR) is 550 cm³/mol. The zero-order valence-electron chi connectivity index (χ0n) is 77.8. The van der Waals surface area contributed by atoms with E-state index in [-0.39, 0.29) is 23.1 Å². The molecule has 0 saturated heterocycles. The molecule has 0 unspecified atom stereocenters. The van der Waals surface area contributed by atoms with Crippen LogP contribution in [0.2, 0.25) is 0 Å². The van der Waals surface area contributed by atoms with E-state index >= 15 is 0 Å². The Morgan fingerprint density at radius 2 is 0.275 bits per heavy atom. The SMILES string of the molecule is CC(=O)c1ccc(C(c2ccc(C(C)=O)cc2)(c2ccc(C(C)=O)cc2)c2ccc(C(C)=O)cc2)cc1.CCN(CC)c1ccc(C(c2ccc(N(CC)CC)cc2)(c2ccc(N(CC)CC)cc2)c2ccc(N(CC)CC)cc2)cc1.c1ccc(-c2ccc(C(c3ccc(-c4ccccc4)cc3)(c3ccc(-c4ccccc4)cc3)c3ccc(-c4ccccc4)cc3)cc2)cc1. The quantitative estimate of drug-likeness (QED) is 0.0305. The standard InChI is InChI=1S/C49H36.C41H56N4.C33H28O4/c1-5-13-37(14-6-1)41-21-29-45(30-22-41)49(46-31-23-42(24-32-46)38-15-7-2-8-16-38,47-33-25-43(26-34-47)39-17-9-3-10-18-39)48-35-27-44(28-36-48)40-19-11-4-12-20-40;1-9-42(10-2)37-25-17-33(18-26-37)41(34-19-27-38(28-20-34)43(11-3)12-4,35-21-29-39(30-22-35)44(13-5)14-6)36-23-31-40(32-24-36)45(15-7)16-8;1-21(34)25-5-13-29(14-6-25)33(30-15-7-26(8-16-30)22(2)35,31-17-9-27(10-18-31)23(3)36)32-19-11-28(12-20-32)24(4)37/h1-36H;17-32H,9-16H2,1-8H3;5-20H,1-4H3. The predicted octanol–water partition coefficient (Wildman–Crippen LogP) is 29.1. The van der Waals surface area contributed by atoms with E-state index in [1.807, 2.05) is 97.1 Å². The zero-order chi connectivity index (χ0) is 92.0. The van der Waals surface area contributed by atoms with Gasteiger partial charge in [0, 0.05) is 97.4 Å². The van der Waals surface area contributed by atoms with Crippen molar-refractivity contribution >= 4 is 45.9 Å². The summed E-state index contributed by atoms with van der Waals surface area (Å²) in [5.74, 6) is -0.113. The molecule has 0 aliphatic carbocycles. The van der Waals surface area contributed by atoms with Gasteiger partial charge < -0.3 is 19.6 Å². The summed E-state index contributed by atoms with van der Waals surface area (Å²) in [6.45, 7) is 31.9. The smallest absolute Gasteiger partial charge is 0.159 e. The monoisotopic (exact) mass is 1720 g/mol. The van der Waals surface area contributed by atoms with Gasteiger partial charge in [0.2, 0.25) is 0 Å². The highest BCUT2D eigenvalue weighted by Crippen LogP contribution is 2.51. The molecule has 0 aliphatic heterocycles. The molecule has 0 fully saturated rings.